The molecule has 2 rings (SSSR count). The van der Waals surface area contributed by atoms with Gasteiger partial charge < -0.3 is 4.74 Å². The number of carbonyl (C=O) groups excluding carboxylic acids is 1. The van der Waals surface area contributed by atoms with Gasteiger partial charge in [-0.25, -0.2) is 8.42 Å². The van der Waals surface area contributed by atoms with Crippen molar-refractivity contribution in [3.8, 4) is 0 Å². The van der Waals surface area contributed by atoms with Gasteiger partial charge in [-0.2, -0.15) is 0 Å². The van der Waals surface area contributed by atoms with Crippen LogP contribution in [0.15, 0.2) is 0 Å². The highest BCUT2D eigenvalue weighted by atomic mass is 32.2. The lowest BCUT2D eigenvalue weighted by molar-refractivity contribution is -0.148. The van der Waals surface area contributed by atoms with Gasteiger partial charge in [-0.05, 0) is 32.1 Å². The highest BCUT2D eigenvalue weighted by Gasteiger charge is 2.55. The Bertz CT molecular complexity index is 442. The second kappa shape index (κ2) is 5.40. The van der Waals surface area contributed by atoms with Gasteiger partial charge >= 0.3 is 5.97 Å². The van der Waals surface area contributed by atoms with E-state index in [1.807, 2.05) is 0 Å². The molecule has 19 heavy (non-hydrogen) atoms. The van der Waals surface area contributed by atoms with E-state index in [4.69, 9.17) is 4.74 Å². The number of ether oxygens (including phenoxy) is 1. The third kappa shape index (κ3) is 2.79. The summed E-state index contributed by atoms with van der Waals surface area (Å²) in [6.45, 7) is 0. The monoisotopic (exact) mass is 289 g/mol. The molecule has 0 spiro atoms. The fourth-order valence-electron chi connectivity index (χ4n) is 3.63. The molecule has 0 aromatic carbocycles. The quantitative estimate of drug-likeness (QED) is 0.783. The minimum atomic E-state index is -3.27. The molecule has 0 aromatic heterocycles. The van der Waals surface area contributed by atoms with Crippen LogP contribution >= 0.6 is 0 Å². The fraction of sp³-hybridized carbons (Fsp3) is 0.923. The molecule has 2 aliphatic carbocycles. The first-order valence-corrected chi connectivity index (χ1v) is 8.90. The first-order valence-electron chi connectivity index (χ1n) is 6.95. The Hall–Kier alpha value is -0.620. The van der Waals surface area contributed by atoms with Crippen LogP contribution in [0.2, 0.25) is 0 Å². The fourth-order valence-corrected chi connectivity index (χ4v) is 5.24. The maximum Gasteiger partial charge on any atom is 0.327 e. The molecule has 2 aliphatic rings. The van der Waals surface area contributed by atoms with E-state index in [2.05, 4.69) is 5.32 Å². The number of nitrogens with one attached hydrogen (secondary N) is 1. The van der Waals surface area contributed by atoms with Crippen LogP contribution in [0.3, 0.4) is 0 Å². The lowest BCUT2D eigenvalue weighted by Gasteiger charge is -2.35. The predicted molar refractivity (Wildman–Crippen MR) is 72.6 cm³/mol. The first kappa shape index (κ1) is 14.8. The molecule has 0 amide bonds. The van der Waals surface area contributed by atoms with E-state index >= 15 is 0 Å². The van der Waals surface area contributed by atoms with Crippen molar-refractivity contribution in [2.24, 2.45) is 0 Å². The van der Waals surface area contributed by atoms with Gasteiger partial charge in [0, 0.05) is 12.3 Å². The van der Waals surface area contributed by atoms with Crippen LogP contribution in [-0.2, 0) is 19.4 Å². The van der Waals surface area contributed by atoms with Crippen LogP contribution in [0.4, 0.5) is 0 Å². The molecular weight excluding hydrogens is 266 g/mol. The molecule has 1 N–H and O–H groups in total. The zero-order valence-corrected chi connectivity index (χ0v) is 12.5. The van der Waals surface area contributed by atoms with Gasteiger partial charge in [0.25, 0.3) is 0 Å². The van der Waals surface area contributed by atoms with Crippen molar-refractivity contribution in [1.29, 1.82) is 0 Å². The number of methoxy groups -OCH3 is 1. The maximum atomic E-state index is 12.2. The van der Waals surface area contributed by atoms with E-state index in [1.54, 1.807) is 0 Å². The lowest BCUT2D eigenvalue weighted by Crippen LogP contribution is -2.62. The zero-order valence-electron chi connectivity index (χ0n) is 11.6. The second-order valence-corrected chi connectivity index (χ2v) is 8.03. The molecule has 2 atom stereocenters. The molecule has 0 saturated heterocycles. The maximum absolute atomic E-state index is 12.2. The predicted octanol–water partition coefficient (Wildman–Crippen LogP) is 1.03. The number of sulfone groups is 1. The molecular formula is C13H23NO4S. The summed E-state index contributed by atoms with van der Waals surface area (Å²) in [5.41, 5.74) is -1.03. The Balaban J connectivity index is 2.30. The van der Waals surface area contributed by atoms with Gasteiger partial charge in [-0.15, -0.1) is 0 Å². The summed E-state index contributed by atoms with van der Waals surface area (Å²) in [6, 6.07) is 0.237. The molecule has 2 unspecified atom stereocenters. The summed E-state index contributed by atoms with van der Waals surface area (Å²) in [6.07, 6.45) is 7.34. The van der Waals surface area contributed by atoms with Crippen molar-refractivity contribution in [3.63, 3.8) is 0 Å². The van der Waals surface area contributed by atoms with E-state index in [0.29, 0.717) is 12.8 Å². The van der Waals surface area contributed by atoms with Crippen LogP contribution in [0.1, 0.15) is 44.9 Å². The zero-order chi connectivity index (χ0) is 14.1. The topological polar surface area (TPSA) is 72.5 Å². The van der Waals surface area contributed by atoms with Gasteiger partial charge in [0.15, 0.2) is 9.84 Å². The molecule has 0 aliphatic heterocycles. The van der Waals surface area contributed by atoms with Gasteiger partial charge in [0.05, 0.1) is 12.4 Å². The molecule has 0 radical (unpaired) electrons. The summed E-state index contributed by atoms with van der Waals surface area (Å²) < 4.78 is 28.9. The first-order chi connectivity index (χ1) is 8.90. The molecule has 0 aromatic rings. The van der Waals surface area contributed by atoms with Gasteiger partial charge in [-0.3, -0.25) is 10.1 Å². The Morgan fingerprint density at radius 3 is 2.37 bits per heavy atom. The van der Waals surface area contributed by atoms with Crippen LogP contribution in [0.5, 0.6) is 0 Å². The number of esters is 1. The summed E-state index contributed by atoms with van der Waals surface area (Å²) in [5, 5.41) is 2.69. The van der Waals surface area contributed by atoms with Crippen molar-refractivity contribution in [2.45, 2.75) is 61.8 Å². The van der Waals surface area contributed by atoms with Gasteiger partial charge in [0.2, 0.25) is 0 Å². The lowest BCUT2D eigenvalue weighted by atomic mass is 9.95. The van der Waals surface area contributed by atoms with Crippen LogP contribution in [0, 0.1) is 0 Å². The Morgan fingerprint density at radius 1 is 1.21 bits per heavy atom. The molecule has 6 heteroatoms. The minimum Gasteiger partial charge on any atom is -0.468 e. The summed E-state index contributed by atoms with van der Waals surface area (Å²) in [7, 11) is -1.94. The molecule has 2 fully saturated rings. The Labute approximate surface area is 115 Å². The summed E-state index contributed by atoms with van der Waals surface area (Å²) in [4.78, 5) is 12.2. The number of hydrogen-bond acceptors (Lipinski definition) is 5. The number of carbonyl (C=O) groups is 1. The number of rotatable bonds is 4. The number of hydrogen-bond donors (Lipinski definition) is 1. The van der Waals surface area contributed by atoms with E-state index < -0.39 is 26.6 Å². The van der Waals surface area contributed by atoms with E-state index in [-0.39, 0.29) is 6.04 Å². The van der Waals surface area contributed by atoms with Gasteiger partial charge in [0.1, 0.15) is 5.54 Å². The third-order valence-corrected chi connectivity index (χ3v) is 6.14. The normalized spacial score (nSPS) is 32.6. The SMILES string of the molecule is COC(=O)C1(NC2CCCC2)CCCC1S(C)(=O)=O. The highest BCUT2D eigenvalue weighted by Crippen LogP contribution is 2.37. The van der Waals surface area contributed by atoms with Crippen molar-refractivity contribution in [3.05, 3.63) is 0 Å². The van der Waals surface area contributed by atoms with Crippen LogP contribution in [-0.4, -0.2) is 44.6 Å². The van der Waals surface area contributed by atoms with Crippen molar-refractivity contribution >= 4 is 15.8 Å². The largest absolute Gasteiger partial charge is 0.468 e. The van der Waals surface area contributed by atoms with Crippen molar-refractivity contribution in [2.75, 3.05) is 13.4 Å². The molecule has 0 heterocycles. The molecule has 0 bridgehead atoms. The molecule has 2 saturated carbocycles. The summed E-state index contributed by atoms with van der Waals surface area (Å²) in [5.74, 6) is -0.424. The average Bonchev–Trinajstić information content (AvgIpc) is 2.97. The highest BCUT2D eigenvalue weighted by molar-refractivity contribution is 7.91. The smallest absolute Gasteiger partial charge is 0.327 e. The van der Waals surface area contributed by atoms with Crippen molar-refractivity contribution in [1.82, 2.24) is 5.32 Å². The summed E-state index contributed by atoms with van der Waals surface area (Å²) >= 11 is 0. The Morgan fingerprint density at radius 2 is 1.84 bits per heavy atom. The van der Waals surface area contributed by atoms with Crippen molar-refractivity contribution < 1.29 is 17.9 Å². The van der Waals surface area contributed by atoms with Crippen LogP contribution < -0.4 is 5.32 Å². The molecule has 5 nitrogen and oxygen atoms in total. The van der Waals surface area contributed by atoms with E-state index in [0.717, 1.165) is 32.1 Å². The standard InChI is InChI=1S/C13H23NO4S/c1-18-12(15)13(14-10-6-3-4-7-10)9-5-8-11(13)19(2,16)17/h10-11,14H,3-9H2,1-2H3. The van der Waals surface area contributed by atoms with Crippen LogP contribution in [0.25, 0.3) is 0 Å². The van der Waals surface area contributed by atoms with E-state index in [9.17, 15) is 13.2 Å². The molecule has 110 valence electrons. The van der Waals surface area contributed by atoms with E-state index in [1.165, 1.54) is 13.4 Å². The second-order valence-electron chi connectivity index (χ2n) is 5.80. The minimum absolute atomic E-state index is 0.237. The third-order valence-electron chi connectivity index (χ3n) is 4.47. The van der Waals surface area contributed by atoms with Gasteiger partial charge in [-0.1, -0.05) is 12.8 Å². The average molecular weight is 289 g/mol. The Kier molecular flexibility index (Phi) is 4.20.